The van der Waals surface area contributed by atoms with Gasteiger partial charge in [-0.2, -0.15) is 5.10 Å². The van der Waals surface area contributed by atoms with E-state index >= 15 is 0 Å². The highest BCUT2D eigenvalue weighted by atomic mass is 16.4. The van der Waals surface area contributed by atoms with Crippen molar-refractivity contribution in [2.45, 2.75) is 56.8 Å². The van der Waals surface area contributed by atoms with Crippen molar-refractivity contribution in [3.05, 3.63) is 42.1 Å². The molecule has 0 saturated heterocycles. The number of amides is 2. The van der Waals surface area contributed by atoms with E-state index in [0.717, 1.165) is 16.8 Å². The highest BCUT2D eigenvalue weighted by Crippen LogP contribution is 2.18. The van der Waals surface area contributed by atoms with E-state index in [1.54, 1.807) is 4.68 Å². The van der Waals surface area contributed by atoms with E-state index in [1.807, 2.05) is 43.6 Å². The Morgan fingerprint density at radius 1 is 1.00 bits per heavy atom. The largest absolute Gasteiger partial charge is 0.481 e. The number of aliphatic carboxylic acids is 2. The molecule has 0 fully saturated rings. The van der Waals surface area contributed by atoms with Crippen LogP contribution in [0.15, 0.2) is 36.5 Å². The molecular formula is C23H31N5O7. The Hall–Kier alpha value is -3.77. The fraction of sp³-hybridized carbons (Fsp3) is 0.435. The van der Waals surface area contributed by atoms with Crippen molar-refractivity contribution >= 4 is 23.8 Å². The number of aliphatic hydroxyl groups excluding tert-OH is 1. The number of rotatable bonds is 15. The Bertz CT molecular complexity index is 1020. The van der Waals surface area contributed by atoms with Crippen molar-refractivity contribution in [3.63, 3.8) is 0 Å². The molecule has 7 N–H and O–H groups in total. The minimum atomic E-state index is -1.51. The number of carbonyl (C=O) groups is 4. The molecule has 0 aliphatic rings. The topological polar surface area (TPSA) is 197 Å². The summed E-state index contributed by atoms with van der Waals surface area (Å²) >= 11 is 0. The number of hydrogen-bond donors (Lipinski definition) is 6. The molecule has 1 aromatic heterocycles. The number of carbonyl (C=O) groups excluding carboxylic acids is 2. The van der Waals surface area contributed by atoms with Crippen LogP contribution in [0.2, 0.25) is 0 Å². The van der Waals surface area contributed by atoms with E-state index < -0.39 is 42.1 Å². The van der Waals surface area contributed by atoms with Crippen LogP contribution < -0.4 is 16.4 Å². The summed E-state index contributed by atoms with van der Waals surface area (Å²) in [6, 6.07) is 7.27. The van der Waals surface area contributed by atoms with Crippen LogP contribution in [0, 0.1) is 0 Å². The average molecular weight is 490 g/mol. The number of benzene rings is 1. The van der Waals surface area contributed by atoms with Gasteiger partial charge >= 0.3 is 11.9 Å². The number of nitrogens with one attached hydrogen (secondary N) is 2. The third-order valence-corrected chi connectivity index (χ3v) is 5.36. The van der Waals surface area contributed by atoms with Crippen LogP contribution in [0.1, 0.15) is 37.7 Å². The zero-order chi connectivity index (χ0) is 26.0. The number of carboxylic acids is 2. The highest BCUT2D eigenvalue weighted by molar-refractivity contribution is 5.80. The summed E-state index contributed by atoms with van der Waals surface area (Å²) in [5, 5.41) is 37.7. The lowest BCUT2D eigenvalue weighted by atomic mass is 10.0. The molecule has 0 aliphatic heterocycles. The van der Waals surface area contributed by atoms with Crippen LogP contribution in [0.25, 0.3) is 11.3 Å². The van der Waals surface area contributed by atoms with E-state index in [0.29, 0.717) is 6.42 Å². The molecule has 0 saturated carbocycles. The zero-order valence-electron chi connectivity index (χ0n) is 19.4. The van der Waals surface area contributed by atoms with Gasteiger partial charge in [0.05, 0.1) is 17.8 Å². The third-order valence-electron chi connectivity index (χ3n) is 5.36. The Labute approximate surface area is 202 Å². The molecule has 2 amide bonds. The van der Waals surface area contributed by atoms with Crippen LogP contribution >= 0.6 is 0 Å². The Balaban J connectivity index is 1.95. The summed E-state index contributed by atoms with van der Waals surface area (Å²) in [6.07, 6.45) is -0.164. The van der Waals surface area contributed by atoms with E-state index in [4.69, 9.17) is 15.9 Å². The molecule has 1 heterocycles. The van der Waals surface area contributed by atoms with Gasteiger partial charge in [-0.25, -0.2) is 0 Å². The molecule has 190 valence electrons. The minimum Gasteiger partial charge on any atom is -0.481 e. The number of aryl methyl sites for hydroxylation is 2. The van der Waals surface area contributed by atoms with Gasteiger partial charge in [0.25, 0.3) is 0 Å². The Kier molecular flexibility index (Phi) is 10.4. The van der Waals surface area contributed by atoms with Crippen molar-refractivity contribution in [1.29, 1.82) is 0 Å². The number of carboxylic acid groups (broad SMARTS) is 2. The molecule has 12 heteroatoms. The summed E-state index contributed by atoms with van der Waals surface area (Å²) in [7, 11) is 1.83. The molecule has 3 unspecified atom stereocenters. The Morgan fingerprint density at radius 2 is 1.63 bits per heavy atom. The lowest BCUT2D eigenvalue weighted by Crippen LogP contribution is -2.55. The Morgan fingerprint density at radius 3 is 2.17 bits per heavy atom. The SMILES string of the molecule is Cn1ccc(-c2ccc(CCC(=O)NC(CCC(=O)O)C(O)NC(CCC(=O)O)C(N)=O)cc2)n1. The van der Waals surface area contributed by atoms with Crippen LogP contribution in [-0.2, 0) is 32.6 Å². The van der Waals surface area contributed by atoms with Crippen molar-refractivity contribution in [2.75, 3.05) is 0 Å². The minimum absolute atomic E-state index is 0.0808. The molecule has 0 spiro atoms. The number of hydrogen-bond acceptors (Lipinski definition) is 7. The molecule has 0 aliphatic carbocycles. The molecule has 0 radical (unpaired) electrons. The fourth-order valence-corrected chi connectivity index (χ4v) is 3.43. The molecular weight excluding hydrogens is 458 g/mol. The molecule has 35 heavy (non-hydrogen) atoms. The third kappa shape index (κ3) is 9.55. The van der Waals surface area contributed by atoms with Gasteiger partial charge in [-0.05, 0) is 30.9 Å². The maximum atomic E-state index is 12.5. The summed E-state index contributed by atoms with van der Waals surface area (Å²) in [5.74, 6) is -3.56. The van der Waals surface area contributed by atoms with Gasteiger partial charge in [0, 0.05) is 38.1 Å². The van der Waals surface area contributed by atoms with E-state index in [2.05, 4.69) is 15.7 Å². The van der Waals surface area contributed by atoms with Crippen LogP contribution in [0.3, 0.4) is 0 Å². The van der Waals surface area contributed by atoms with E-state index in [-0.39, 0.29) is 32.1 Å². The lowest BCUT2D eigenvalue weighted by molar-refractivity contribution is -0.139. The first-order chi connectivity index (χ1) is 16.5. The first kappa shape index (κ1) is 27.5. The van der Waals surface area contributed by atoms with Crippen molar-refractivity contribution in [3.8, 4) is 11.3 Å². The van der Waals surface area contributed by atoms with Gasteiger partial charge in [-0.15, -0.1) is 0 Å². The number of primary amides is 1. The van der Waals surface area contributed by atoms with Gasteiger partial charge in [0.1, 0.15) is 6.23 Å². The van der Waals surface area contributed by atoms with Crippen LogP contribution in [0.4, 0.5) is 0 Å². The first-order valence-electron chi connectivity index (χ1n) is 11.1. The summed E-state index contributed by atoms with van der Waals surface area (Å²) < 4.78 is 1.70. The van der Waals surface area contributed by atoms with Gasteiger partial charge in [-0.3, -0.25) is 29.2 Å². The smallest absolute Gasteiger partial charge is 0.303 e. The first-order valence-corrected chi connectivity index (χ1v) is 11.1. The number of aliphatic hydroxyl groups is 1. The maximum Gasteiger partial charge on any atom is 0.303 e. The van der Waals surface area contributed by atoms with Gasteiger partial charge in [-0.1, -0.05) is 24.3 Å². The summed E-state index contributed by atoms with van der Waals surface area (Å²) in [6.45, 7) is 0. The van der Waals surface area contributed by atoms with Gasteiger partial charge in [0.2, 0.25) is 11.8 Å². The molecule has 2 aromatic rings. The predicted octanol–water partition coefficient (Wildman–Crippen LogP) is -0.00400. The maximum absolute atomic E-state index is 12.5. The van der Waals surface area contributed by atoms with Crippen LogP contribution in [0.5, 0.6) is 0 Å². The monoisotopic (exact) mass is 489 g/mol. The quantitative estimate of drug-likeness (QED) is 0.186. The standard InChI is InChI=1S/C23H31N5O7/c1-28-13-12-16(27-28)15-5-2-14(3-6-15)4-9-19(29)25-18(8-11-21(32)33)23(35)26-17(22(24)34)7-10-20(30)31/h2-3,5-6,12-13,17-18,23,26,35H,4,7-11H2,1H3,(H2,24,34)(H,25,29)(H,30,31)(H,32,33). The van der Waals surface area contributed by atoms with E-state index in [1.165, 1.54) is 0 Å². The fourth-order valence-electron chi connectivity index (χ4n) is 3.43. The molecule has 1 aromatic carbocycles. The normalized spacial score (nSPS) is 13.5. The second kappa shape index (κ2) is 13.2. The van der Waals surface area contributed by atoms with Crippen molar-refractivity contribution < 1.29 is 34.5 Å². The molecule has 12 nitrogen and oxygen atoms in total. The molecule has 0 bridgehead atoms. The predicted molar refractivity (Wildman–Crippen MR) is 125 cm³/mol. The number of nitrogens with two attached hydrogens (primary N) is 1. The number of nitrogens with zero attached hydrogens (tertiary/aromatic N) is 2. The second-order valence-electron chi connectivity index (χ2n) is 8.18. The summed E-state index contributed by atoms with van der Waals surface area (Å²) in [4.78, 5) is 45.9. The van der Waals surface area contributed by atoms with Gasteiger partial charge < -0.3 is 26.4 Å². The van der Waals surface area contributed by atoms with Crippen LogP contribution in [-0.4, -0.2) is 67.2 Å². The van der Waals surface area contributed by atoms with E-state index in [9.17, 15) is 24.3 Å². The molecule has 3 atom stereocenters. The lowest BCUT2D eigenvalue weighted by Gasteiger charge is -2.27. The zero-order valence-corrected chi connectivity index (χ0v) is 19.4. The average Bonchev–Trinajstić information content (AvgIpc) is 3.23. The second-order valence-corrected chi connectivity index (χ2v) is 8.18. The van der Waals surface area contributed by atoms with Crippen molar-refractivity contribution in [1.82, 2.24) is 20.4 Å². The molecule has 2 rings (SSSR count). The van der Waals surface area contributed by atoms with Crippen molar-refractivity contribution in [2.24, 2.45) is 12.8 Å². The number of aromatic nitrogens is 2. The highest BCUT2D eigenvalue weighted by Gasteiger charge is 2.27. The van der Waals surface area contributed by atoms with Gasteiger partial charge in [0.15, 0.2) is 0 Å². The summed E-state index contributed by atoms with van der Waals surface area (Å²) in [5.41, 5.74) is 7.94.